The number of rotatable bonds is 10. The van der Waals surface area contributed by atoms with E-state index in [1.807, 2.05) is 6.07 Å². The number of nitrogens with zero attached hydrogens (tertiary/aromatic N) is 1. The number of carbonyl (C=O) groups is 1. The van der Waals surface area contributed by atoms with E-state index in [4.69, 9.17) is 0 Å². The Morgan fingerprint density at radius 1 is 0.706 bits per heavy atom. The van der Waals surface area contributed by atoms with Crippen LogP contribution in [-0.2, 0) is 4.79 Å². The molecule has 0 aliphatic carbocycles. The molecular formula is C32H39NO. The molecule has 2 unspecified atom stereocenters. The fourth-order valence-electron chi connectivity index (χ4n) is 5.98. The van der Waals surface area contributed by atoms with Crippen molar-refractivity contribution < 1.29 is 4.79 Å². The molecule has 0 spiro atoms. The van der Waals surface area contributed by atoms with Crippen molar-refractivity contribution in [3.05, 3.63) is 108 Å². The Bertz CT molecular complexity index is 981. The minimum absolute atomic E-state index is 0.101. The Balaban J connectivity index is 1.67. The van der Waals surface area contributed by atoms with Crippen molar-refractivity contribution in [1.29, 1.82) is 0 Å². The molecule has 1 aliphatic rings. The highest BCUT2D eigenvalue weighted by molar-refractivity contribution is 5.85. The molecule has 2 heteroatoms. The third kappa shape index (κ3) is 5.12. The fourth-order valence-corrected chi connectivity index (χ4v) is 5.98. The molecule has 34 heavy (non-hydrogen) atoms. The Morgan fingerprint density at radius 2 is 1.12 bits per heavy atom. The molecule has 178 valence electrons. The number of hydrogen-bond donors (Lipinski definition) is 0. The van der Waals surface area contributed by atoms with E-state index in [0.717, 1.165) is 38.6 Å². The van der Waals surface area contributed by atoms with Crippen LogP contribution in [0.5, 0.6) is 0 Å². The van der Waals surface area contributed by atoms with Crippen molar-refractivity contribution in [3.63, 3.8) is 0 Å². The van der Waals surface area contributed by atoms with Gasteiger partial charge < -0.3 is 4.90 Å². The number of benzene rings is 3. The standard InChI is InChI=1S/C32H39NO/c1-4-26(29-17-11-7-12-18-29)23-32(24-27(5-2)30-19-13-8-14-20-30)21-22-33(31(32)34)25(3)28-15-9-6-10-16-28/h6-20,25-27H,4-5,21-24H2,1-3H3/t25-,26?,27?,32?/m0/s1. The molecule has 1 aliphatic heterocycles. The van der Waals surface area contributed by atoms with Crippen LogP contribution in [0.25, 0.3) is 0 Å². The zero-order valence-electron chi connectivity index (χ0n) is 21.0. The topological polar surface area (TPSA) is 20.3 Å². The first-order valence-corrected chi connectivity index (χ1v) is 13.0. The third-order valence-electron chi connectivity index (χ3n) is 8.10. The van der Waals surface area contributed by atoms with Crippen LogP contribution in [0.1, 0.15) is 87.4 Å². The molecule has 1 heterocycles. The van der Waals surface area contributed by atoms with Crippen molar-refractivity contribution in [2.24, 2.45) is 5.41 Å². The zero-order valence-corrected chi connectivity index (χ0v) is 21.0. The first-order chi connectivity index (χ1) is 16.6. The normalized spacial score (nSPS) is 20.8. The van der Waals surface area contributed by atoms with Gasteiger partial charge >= 0.3 is 0 Å². The average molecular weight is 454 g/mol. The van der Waals surface area contributed by atoms with Gasteiger partial charge in [0.25, 0.3) is 0 Å². The van der Waals surface area contributed by atoms with Gasteiger partial charge in [-0.25, -0.2) is 0 Å². The molecule has 0 N–H and O–H groups in total. The van der Waals surface area contributed by atoms with Crippen LogP contribution in [0, 0.1) is 5.41 Å². The van der Waals surface area contributed by atoms with E-state index in [-0.39, 0.29) is 11.5 Å². The Hall–Kier alpha value is -2.87. The molecule has 0 saturated carbocycles. The van der Waals surface area contributed by atoms with Crippen molar-refractivity contribution in [3.8, 4) is 0 Å². The summed E-state index contributed by atoms with van der Waals surface area (Å²) in [6.07, 6.45) is 4.89. The average Bonchev–Trinajstić information content (AvgIpc) is 3.22. The summed E-state index contributed by atoms with van der Waals surface area (Å²) in [7, 11) is 0. The molecule has 0 radical (unpaired) electrons. The Kier molecular flexibility index (Phi) is 7.88. The fraction of sp³-hybridized carbons (Fsp3) is 0.406. The monoisotopic (exact) mass is 453 g/mol. The first kappa shape index (κ1) is 24.3. The van der Waals surface area contributed by atoms with Gasteiger partial charge in [-0.15, -0.1) is 0 Å². The lowest BCUT2D eigenvalue weighted by atomic mass is 9.68. The van der Waals surface area contributed by atoms with Crippen molar-refractivity contribution in [2.45, 2.75) is 70.8 Å². The zero-order chi connectivity index (χ0) is 24.0. The van der Waals surface area contributed by atoms with E-state index >= 15 is 0 Å². The molecule has 2 nitrogen and oxygen atoms in total. The van der Waals surface area contributed by atoms with Crippen LogP contribution >= 0.6 is 0 Å². The molecular weight excluding hydrogens is 414 g/mol. The van der Waals surface area contributed by atoms with Gasteiger partial charge in [0.05, 0.1) is 11.5 Å². The van der Waals surface area contributed by atoms with Gasteiger partial charge in [-0.3, -0.25) is 4.79 Å². The summed E-state index contributed by atoms with van der Waals surface area (Å²) < 4.78 is 0. The van der Waals surface area contributed by atoms with Crippen molar-refractivity contribution in [2.75, 3.05) is 6.54 Å². The SMILES string of the molecule is CCC(CC1(CC(CC)c2ccccc2)CCN([C@@H](C)c2ccccc2)C1=O)c1ccccc1. The van der Waals surface area contributed by atoms with E-state index in [9.17, 15) is 4.79 Å². The van der Waals surface area contributed by atoms with Crippen LogP contribution in [0.3, 0.4) is 0 Å². The van der Waals surface area contributed by atoms with Gasteiger partial charge in [-0.1, -0.05) is 105 Å². The van der Waals surface area contributed by atoms with Gasteiger partial charge in [-0.05, 0) is 67.6 Å². The molecule has 3 aromatic carbocycles. The highest BCUT2D eigenvalue weighted by Crippen LogP contribution is 2.50. The largest absolute Gasteiger partial charge is 0.335 e. The van der Waals surface area contributed by atoms with E-state index < -0.39 is 0 Å². The Morgan fingerprint density at radius 3 is 1.53 bits per heavy atom. The van der Waals surface area contributed by atoms with Gasteiger partial charge in [0, 0.05) is 6.54 Å². The summed E-state index contributed by atoms with van der Waals surface area (Å²) in [6.45, 7) is 7.56. The Labute approximate surface area is 206 Å². The summed E-state index contributed by atoms with van der Waals surface area (Å²) >= 11 is 0. The van der Waals surface area contributed by atoms with E-state index in [1.165, 1.54) is 16.7 Å². The lowest BCUT2D eigenvalue weighted by molar-refractivity contribution is -0.139. The summed E-state index contributed by atoms with van der Waals surface area (Å²) in [5.74, 6) is 1.14. The van der Waals surface area contributed by atoms with Crippen LogP contribution in [0.4, 0.5) is 0 Å². The molecule has 0 aromatic heterocycles. The maximum absolute atomic E-state index is 14.3. The van der Waals surface area contributed by atoms with Crippen LogP contribution in [0.2, 0.25) is 0 Å². The first-order valence-electron chi connectivity index (χ1n) is 13.0. The molecule has 3 atom stereocenters. The van der Waals surface area contributed by atoms with Crippen molar-refractivity contribution >= 4 is 5.91 Å². The maximum Gasteiger partial charge on any atom is 0.229 e. The van der Waals surface area contributed by atoms with E-state index in [1.54, 1.807) is 0 Å². The summed E-state index contributed by atoms with van der Waals surface area (Å²) in [5, 5.41) is 0. The highest BCUT2D eigenvalue weighted by atomic mass is 16.2. The van der Waals surface area contributed by atoms with Gasteiger partial charge in [0.1, 0.15) is 0 Å². The number of likely N-dealkylation sites (tertiary alicyclic amines) is 1. The second kappa shape index (κ2) is 11.0. The van der Waals surface area contributed by atoms with E-state index in [2.05, 4.69) is 111 Å². The molecule has 3 aromatic rings. The minimum atomic E-state index is -0.323. The number of hydrogen-bond acceptors (Lipinski definition) is 1. The highest BCUT2D eigenvalue weighted by Gasteiger charge is 2.49. The van der Waals surface area contributed by atoms with Gasteiger partial charge in [0.2, 0.25) is 5.91 Å². The van der Waals surface area contributed by atoms with Crippen molar-refractivity contribution in [1.82, 2.24) is 4.90 Å². The smallest absolute Gasteiger partial charge is 0.229 e. The van der Waals surface area contributed by atoms with Gasteiger partial charge in [0.15, 0.2) is 0 Å². The molecule has 0 bridgehead atoms. The third-order valence-corrected chi connectivity index (χ3v) is 8.10. The molecule has 1 saturated heterocycles. The molecule has 1 fully saturated rings. The lowest BCUT2D eigenvalue weighted by Crippen LogP contribution is -2.38. The van der Waals surface area contributed by atoms with Crippen LogP contribution < -0.4 is 0 Å². The predicted octanol–water partition coefficient (Wildman–Crippen LogP) is 8.13. The molecule has 4 rings (SSSR count). The second-order valence-corrected chi connectivity index (χ2v) is 10.1. The van der Waals surface area contributed by atoms with Crippen LogP contribution in [-0.4, -0.2) is 17.4 Å². The van der Waals surface area contributed by atoms with Crippen LogP contribution in [0.15, 0.2) is 91.0 Å². The quantitative estimate of drug-likeness (QED) is 0.303. The summed E-state index contributed by atoms with van der Waals surface area (Å²) in [4.78, 5) is 16.5. The predicted molar refractivity (Wildman–Crippen MR) is 142 cm³/mol. The van der Waals surface area contributed by atoms with Gasteiger partial charge in [-0.2, -0.15) is 0 Å². The second-order valence-electron chi connectivity index (χ2n) is 10.1. The minimum Gasteiger partial charge on any atom is -0.335 e. The molecule has 1 amide bonds. The maximum atomic E-state index is 14.3. The number of carbonyl (C=O) groups excluding carboxylic acids is 1. The van der Waals surface area contributed by atoms with E-state index in [0.29, 0.717) is 17.7 Å². The summed E-state index contributed by atoms with van der Waals surface area (Å²) in [6, 6.07) is 32.2. The lowest BCUT2D eigenvalue weighted by Gasteiger charge is -2.36. The summed E-state index contributed by atoms with van der Waals surface area (Å²) in [5.41, 5.74) is 3.62. The number of amides is 1.